The van der Waals surface area contributed by atoms with E-state index in [1.807, 2.05) is 0 Å². The molecule has 11 nitrogen and oxygen atoms in total. The van der Waals surface area contributed by atoms with Gasteiger partial charge in [0.25, 0.3) is 23.6 Å². The molecule has 7 rings (SSSR count). The number of phenolic OH excluding ortho intramolecular Hbond substituents is 1. The number of anilines is 2. The van der Waals surface area contributed by atoms with Gasteiger partial charge in [-0.25, -0.2) is 9.97 Å². The van der Waals surface area contributed by atoms with Gasteiger partial charge >= 0.3 is 12.4 Å². The zero-order valence-electron chi connectivity index (χ0n) is 27.4. The number of phenols is 1. The summed E-state index contributed by atoms with van der Waals surface area (Å²) in [6.07, 6.45) is -8.28. The van der Waals surface area contributed by atoms with Gasteiger partial charge in [0.15, 0.2) is 11.6 Å². The minimum Gasteiger partial charge on any atom is -0.508 e. The number of halogens is 8. The van der Waals surface area contributed by atoms with Crippen molar-refractivity contribution in [2.75, 3.05) is 24.1 Å². The number of hydrazine groups is 2. The molecule has 1 saturated carbocycles. The molecule has 2 saturated heterocycles. The fourth-order valence-electron chi connectivity index (χ4n) is 8.07. The number of allylic oxidation sites excluding steroid dienone is 2. The van der Waals surface area contributed by atoms with Gasteiger partial charge in [0.1, 0.15) is 17.1 Å². The lowest BCUT2D eigenvalue weighted by molar-refractivity contribution is -0.143. The number of fused-ring (bicyclic) bond motifs is 4. The van der Waals surface area contributed by atoms with E-state index in [1.165, 1.54) is 18.2 Å². The Hall–Kier alpha value is -4.90. The number of aromatic nitrogens is 2. The standard InChI is InChI=1S/C34H26Cl2F6N6O5/c1-45(27-19(35)9-11-22(43-27)33(37,38)39)47-29(50)16-8-7-14-17(25(16)31(47)52)13-18-26(24(14)15-5-3-4-6-21(15)49)32(53)48(30(18)51)46(2)28-20(36)10-12-23(44-28)34(40,41)42/h3-7,9-12,16-18,24-26,49H,8,13H2,1-2H3. The summed E-state index contributed by atoms with van der Waals surface area (Å²) in [6.45, 7) is 0. The average Bonchev–Trinajstić information content (AvgIpc) is 3.50. The van der Waals surface area contributed by atoms with Gasteiger partial charge in [0, 0.05) is 25.6 Å². The highest BCUT2D eigenvalue weighted by atomic mass is 35.5. The molecule has 2 aromatic heterocycles. The molecule has 0 radical (unpaired) electrons. The van der Waals surface area contributed by atoms with Crippen LogP contribution in [0.25, 0.3) is 0 Å². The van der Waals surface area contributed by atoms with Crippen LogP contribution in [0.1, 0.15) is 35.7 Å². The Morgan fingerprint density at radius 2 is 1.19 bits per heavy atom. The molecule has 3 aromatic rings. The number of carbonyl (C=O) groups is 4. The summed E-state index contributed by atoms with van der Waals surface area (Å²) in [5, 5.41) is 13.5. The number of rotatable bonds is 5. The van der Waals surface area contributed by atoms with Gasteiger partial charge in [0.05, 0.1) is 33.7 Å². The molecule has 4 amide bonds. The molecule has 2 aliphatic carbocycles. The SMILES string of the molecule is CN(c1nc(C(F)(F)F)ccc1Cl)N1C(=O)C2CC=C3C(CC4C(=O)N(N(C)c5nc(C(F)(F)F)ccc5Cl)C(=O)C4C3c3ccccc3O)C2C1=O. The van der Waals surface area contributed by atoms with Crippen LogP contribution in [0.4, 0.5) is 38.0 Å². The Morgan fingerprint density at radius 3 is 1.70 bits per heavy atom. The van der Waals surface area contributed by atoms with Crippen molar-refractivity contribution in [1.82, 2.24) is 20.0 Å². The molecular weight excluding hydrogens is 757 g/mol. The maximum Gasteiger partial charge on any atom is 0.433 e. The number of alkyl halides is 6. The van der Waals surface area contributed by atoms with Crippen LogP contribution < -0.4 is 10.0 Å². The van der Waals surface area contributed by atoms with Gasteiger partial charge in [-0.15, -0.1) is 0 Å². The molecule has 278 valence electrons. The Kier molecular flexibility index (Phi) is 8.67. The first-order valence-corrected chi connectivity index (χ1v) is 16.8. The predicted octanol–water partition coefficient (Wildman–Crippen LogP) is 6.27. The Morgan fingerprint density at radius 1 is 0.698 bits per heavy atom. The van der Waals surface area contributed by atoms with Crippen molar-refractivity contribution < 1.29 is 50.6 Å². The summed E-state index contributed by atoms with van der Waals surface area (Å²) in [4.78, 5) is 63.9. The molecule has 3 fully saturated rings. The fraction of sp³-hybridized carbons (Fsp3) is 0.353. The highest BCUT2D eigenvalue weighted by Gasteiger charge is 2.63. The van der Waals surface area contributed by atoms with E-state index < -0.39 is 94.5 Å². The summed E-state index contributed by atoms with van der Waals surface area (Å²) >= 11 is 12.4. The topological polar surface area (TPSA) is 127 Å². The maximum atomic E-state index is 14.3. The van der Waals surface area contributed by atoms with Crippen LogP contribution >= 0.6 is 23.2 Å². The van der Waals surface area contributed by atoms with Crippen molar-refractivity contribution in [1.29, 1.82) is 0 Å². The van der Waals surface area contributed by atoms with Crippen molar-refractivity contribution in [3.05, 3.63) is 87.2 Å². The lowest BCUT2D eigenvalue weighted by atomic mass is 9.57. The molecular formula is C34H26Cl2F6N6O5. The molecule has 6 unspecified atom stereocenters. The summed E-state index contributed by atoms with van der Waals surface area (Å²) in [7, 11) is 2.32. The van der Waals surface area contributed by atoms with Crippen molar-refractivity contribution in [3.8, 4) is 5.75 Å². The third kappa shape index (κ3) is 5.75. The number of carbonyl (C=O) groups excluding carboxylic acids is 4. The summed E-state index contributed by atoms with van der Waals surface area (Å²) < 4.78 is 81.4. The third-order valence-electron chi connectivity index (χ3n) is 10.3. The number of nitrogens with zero attached hydrogens (tertiary/aromatic N) is 6. The van der Waals surface area contributed by atoms with E-state index in [0.29, 0.717) is 27.7 Å². The average molecular weight is 784 g/mol. The number of benzene rings is 1. The van der Waals surface area contributed by atoms with Crippen molar-refractivity contribution in [3.63, 3.8) is 0 Å². The maximum absolute atomic E-state index is 14.3. The summed E-state index contributed by atoms with van der Waals surface area (Å²) in [5.74, 6) is -11.0. The molecule has 53 heavy (non-hydrogen) atoms. The lowest BCUT2D eigenvalue weighted by Crippen LogP contribution is -2.46. The largest absolute Gasteiger partial charge is 0.508 e. The lowest BCUT2D eigenvalue weighted by Gasteiger charge is -2.44. The van der Waals surface area contributed by atoms with E-state index >= 15 is 0 Å². The molecule has 2 aliphatic heterocycles. The molecule has 0 spiro atoms. The van der Waals surface area contributed by atoms with E-state index in [2.05, 4.69) is 9.97 Å². The van der Waals surface area contributed by atoms with E-state index in [4.69, 9.17) is 23.2 Å². The van der Waals surface area contributed by atoms with Crippen LogP contribution in [0.15, 0.2) is 60.2 Å². The molecule has 19 heteroatoms. The first-order chi connectivity index (χ1) is 24.8. The number of hydrogen-bond acceptors (Lipinski definition) is 9. The van der Waals surface area contributed by atoms with E-state index in [9.17, 15) is 50.6 Å². The Labute approximate surface area is 306 Å². The van der Waals surface area contributed by atoms with Gasteiger partial charge in [-0.05, 0) is 49.1 Å². The number of aromatic hydroxyl groups is 1. The third-order valence-corrected chi connectivity index (χ3v) is 10.9. The number of imide groups is 2. The van der Waals surface area contributed by atoms with Crippen LogP contribution in [-0.4, -0.2) is 62.8 Å². The van der Waals surface area contributed by atoms with Crippen LogP contribution in [0.2, 0.25) is 10.0 Å². The van der Waals surface area contributed by atoms with Gasteiger partial charge in [-0.3, -0.25) is 29.2 Å². The van der Waals surface area contributed by atoms with Crippen LogP contribution in [0, 0.1) is 29.6 Å². The number of para-hydroxylation sites is 1. The first-order valence-electron chi connectivity index (χ1n) is 16.0. The highest BCUT2D eigenvalue weighted by molar-refractivity contribution is 6.33. The zero-order valence-corrected chi connectivity index (χ0v) is 28.9. The second-order valence-electron chi connectivity index (χ2n) is 13.1. The van der Waals surface area contributed by atoms with Gasteiger partial charge in [-0.2, -0.15) is 36.4 Å². The van der Waals surface area contributed by atoms with Crippen LogP contribution in [0.5, 0.6) is 5.75 Å². The molecule has 1 aromatic carbocycles. The second-order valence-corrected chi connectivity index (χ2v) is 13.9. The first kappa shape index (κ1) is 36.5. The Bertz CT molecular complexity index is 2110. The quantitative estimate of drug-likeness (QED) is 0.181. The minimum absolute atomic E-state index is 0.0356. The summed E-state index contributed by atoms with van der Waals surface area (Å²) in [6, 6.07) is 9.18. The monoisotopic (exact) mass is 782 g/mol. The second kappa shape index (κ2) is 12.6. The van der Waals surface area contributed by atoms with E-state index in [1.54, 1.807) is 12.1 Å². The molecule has 1 N–H and O–H groups in total. The van der Waals surface area contributed by atoms with Gasteiger partial charge in [0.2, 0.25) is 0 Å². The Balaban J connectivity index is 1.28. The summed E-state index contributed by atoms with van der Waals surface area (Å²) in [5.41, 5.74) is -1.94. The van der Waals surface area contributed by atoms with Crippen LogP contribution in [0.3, 0.4) is 0 Å². The number of pyridine rings is 2. The van der Waals surface area contributed by atoms with E-state index in [0.717, 1.165) is 36.2 Å². The van der Waals surface area contributed by atoms with Gasteiger partial charge < -0.3 is 5.11 Å². The van der Waals surface area contributed by atoms with Crippen LogP contribution in [-0.2, 0) is 31.5 Å². The zero-order chi connectivity index (χ0) is 38.5. The predicted molar refractivity (Wildman–Crippen MR) is 175 cm³/mol. The van der Waals surface area contributed by atoms with Crippen molar-refractivity contribution in [2.24, 2.45) is 29.6 Å². The van der Waals surface area contributed by atoms with Crippen molar-refractivity contribution >= 4 is 58.5 Å². The molecule has 4 aliphatic rings. The normalized spacial score (nSPS) is 25.7. The van der Waals surface area contributed by atoms with Gasteiger partial charge in [-0.1, -0.05) is 53.1 Å². The number of hydrogen-bond donors (Lipinski definition) is 1. The molecule has 6 atom stereocenters. The minimum atomic E-state index is -4.88. The highest BCUT2D eigenvalue weighted by Crippen LogP contribution is 2.59. The van der Waals surface area contributed by atoms with E-state index in [-0.39, 0.29) is 34.2 Å². The molecule has 4 heterocycles. The fourth-order valence-corrected chi connectivity index (χ4v) is 8.52. The number of amides is 4. The molecule has 0 bridgehead atoms. The van der Waals surface area contributed by atoms with Crippen molar-refractivity contribution in [2.45, 2.75) is 31.1 Å². The smallest absolute Gasteiger partial charge is 0.433 e.